The van der Waals surface area contributed by atoms with Crippen molar-refractivity contribution in [3.05, 3.63) is 52.3 Å². The Morgan fingerprint density at radius 2 is 2.10 bits per heavy atom. The molecule has 0 spiro atoms. The second kappa shape index (κ2) is 5.49. The highest BCUT2D eigenvalue weighted by atomic mass is 19.1. The number of hydrazine groups is 1. The van der Waals surface area contributed by atoms with Crippen LogP contribution in [0.25, 0.3) is 0 Å². The molecular formula is C12H12FN5O2. The van der Waals surface area contributed by atoms with Crippen LogP contribution < -0.4 is 16.2 Å². The van der Waals surface area contributed by atoms with Gasteiger partial charge >= 0.3 is 0 Å². The first kappa shape index (κ1) is 13.7. The van der Waals surface area contributed by atoms with Crippen LogP contribution in [0.5, 0.6) is 0 Å². The van der Waals surface area contributed by atoms with Crippen molar-refractivity contribution in [1.82, 2.24) is 4.98 Å². The zero-order chi connectivity index (χ0) is 14.7. The second-order valence-electron chi connectivity index (χ2n) is 3.98. The number of hydrogen-bond acceptors (Lipinski definition) is 6. The Morgan fingerprint density at radius 1 is 1.40 bits per heavy atom. The van der Waals surface area contributed by atoms with Gasteiger partial charge in [-0.05, 0) is 12.1 Å². The predicted molar refractivity (Wildman–Crippen MR) is 73.2 cm³/mol. The van der Waals surface area contributed by atoms with Gasteiger partial charge in [0.1, 0.15) is 17.5 Å². The van der Waals surface area contributed by atoms with Crippen molar-refractivity contribution in [2.75, 3.05) is 17.4 Å². The lowest BCUT2D eigenvalue weighted by Gasteiger charge is -2.19. The topological polar surface area (TPSA) is 97.3 Å². The van der Waals surface area contributed by atoms with Crippen LogP contribution >= 0.6 is 0 Å². The van der Waals surface area contributed by atoms with Crippen LogP contribution in [0.3, 0.4) is 0 Å². The monoisotopic (exact) mass is 277 g/mol. The number of pyridine rings is 1. The highest BCUT2D eigenvalue weighted by Gasteiger charge is 2.16. The molecular weight excluding hydrogens is 265 g/mol. The molecule has 0 aliphatic carbocycles. The number of benzene rings is 1. The summed E-state index contributed by atoms with van der Waals surface area (Å²) in [4.78, 5) is 15.8. The molecule has 0 aliphatic rings. The van der Waals surface area contributed by atoms with Crippen molar-refractivity contribution in [2.45, 2.75) is 0 Å². The minimum atomic E-state index is -0.568. The number of nitrogen functional groups attached to an aromatic ring is 1. The molecule has 0 unspecified atom stereocenters. The highest BCUT2D eigenvalue weighted by Crippen LogP contribution is 2.28. The molecule has 20 heavy (non-hydrogen) atoms. The van der Waals surface area contributed by atoms with Gasteiger partial charge in [-0.3, -0.25) is 10.1 Å². The summed E-state index contributed by atoms with van der Waals surface area (Å²) in [5, 5.41) is 10.9. The lowest BCUT2D eigenvalue weighted by molar-refractivity contribution is -0.384. The van der Waals surface area contributed by atoms with E-state index in [0.29, 0.717) is 0 Å². The molecule has 0 amide bonds. The SMILES string of the molecule is CN(c1cc([N+](=O)[O-])cc(NN)n1)c1ccccc1F. The van der Waals surface area contributed by atoms with Gasteiger partial charge < -0.3 is 10.3 Å². The van der Waals surface area contributed by atoms with E-state index >= 15 is 0 Å². The molecule has 0 radical (unpaired) electrons. The Kier molecular flexibility index (Phi) is 3.76. The fourth-order valence-electron chi connectivity index (χ4n) is 1.70. The van der Waals surface area contributed by atoms with Gasteiger partial charge in [0.25, 0.3) is 5.69 Å². The Morgan fingerprint density at radius 3 is 2.70 bits per heavy atom. The average molecular weight is 277 g/mol. The number of rotatable bonds is 4. The van der Waals surface area contributed by atoms with Crippen LogP contribution in [0.4, 0.5) is 27.4 Å². The molecule has 0 fully saturated rings. The number of nitro groups is 1. The van der Waals surface area contributed by atoms with E-state index in [1.54, 1.807) is 25.2 Å². The standard InChI is InChI=1S/C12H12FN5O2/c1-17(10-5-3-2-4-9(10)13)12-7-8(18(19)20)6-11(15-12)16-14/h2-7H,14H2,1H3,(H,15,16). The molecule has 0 atom stereocenters. The highest BCUT2D eigenvalue weighted by molar-refractivity contribution is 5.64. The number of anilines is 3. The first-order valence-corrected chi connectivity index (χ1v) is 5.64. The van der Waals surface area contributed by atoms with Gasteiger partial charge in [0.2, 0.25) is 0 Å². The lowest BCUT2D eigenvalue weighted by atomic mass is 10.2. The van der Waals surface area contributed by atoms with E-state index in [0.717, 1.165) is 0 Å². The summed E-state index contributed by atoms with van der Waals surface area (Å²) in [6.07, 6.45) is 0. The van der Waals surface area contributed by atoms with Crippen molar-refractivity contribution in [3.63, 3.8) is 0 Å². The molecule has 2 aromatic rings. The van der Waals surface area contributed by atoms with Gasteiger partial charge in [-0.2, -0.15) is 0 Å². The Bertz CT molecular complexity index is 649. The number of aromatic nitrogens is 1. The fourth-order valence-corrected chi connectivity index (χ4v) is 1.70. The lowest BCUT2D eigenvalue weighted by Crippen LogP contribution is -2.15. The molecule has 2 rings (SSSR count). The minimum absolute atomic E-state index is 0.123. The summed E-state index contributed by atoms with van der Waals surface area (Å²) in [5.41, 5.74) is 2.31. The summed E-state index contributed by atoms with van der Waals surface area (Å²) in [6.45, 7) is 0. The Labute approximate surface area is 114 Å². The maximum absolute atomic E-state index is 13.7. The van der Waals surface area contributed by atoms with Gasteiger partial charge in [0, 0.05) is 7.05 Å². The first-order chi connectivity index (χ1) is 9.52. The molecule has 1 heterocycles. The first-order valence-electron chi connectivity index (χ1n) is 5.64. The van der Waals surface area contributed by atoms with E-state index < -0.39 is 10.7 Å². The van der Waals surface area contributed by atoms with Crippen LogP contribution in [0.2, 0.25) is 0 Å². The molecule has 1 aromatic carbocycles. The molecule has 7 nitrogen and oxygen atoms in total. The van der Waals surface area contributed by atoms with Gasteiger partial charge in [-0.15, -0.1) is 0 Å². The van der Waals surface area contributed by atoms with Gasteiger partial charge in [-0.1, -0.05) is 12.1 Å². The minimum Gasteiger partial charge on any atom is -0.327 e. The zero-order valence-corrected chi connectivity index (χ0v) is 10.6. The molecule has 0 saturated heterocycles. The van der Waals surface area contributed by atoms with E-state index in [2.05, 4.69) is 10.4 Å². The smallest absolute Gasteiger partial charge is 0.276 e. The quantitative estimate of drug-likeness (QED) is 0.505. The van der Waals surface area contributed by atoms with Crippen molar-refractivity contribution in [2.24, 2.45) is 5.84 Å². The van der Waals surface area contributed by atoms with Crippen molar-refractivity contribution in [1.29, 1.82) is 0 Å². The molecule has 104 valence electrons. The third-order valence-electron chi connectivity index (χ3n) is 2.71. The number of hydrogen-bond donors (Lipinski definition) is 2. The molecule has 8 heteroatoms. The van der Waals surface area contributed by atoms with Crippen molar-refractivity contribution in [3.8, 4) is 0 Å². The summed E-state index contributed by atoms with van der Waals surface area (Å²) in [7, 11) is 1.56. The maximum atomic E-state index is 13.7. The van der Waals surface area contributed by atoms with Crippen LogP contribution in [-0.2, 0) is 0 Å². The fraction of sp³-hybridized carbons (Fsp3) is 0.0833. The number of nitrogens with two attached hydrogens (primary N) is 1. The van der Waals surface area contributed by atoms with Crippen molar-refractivity contribution >= 4 is 23.0 Å². The van der Waals surface area contributed by atoms with Crippen LogP contribution in [0.15, 0.2) is 36.4 Å². The second-order valence-corrected chi connectivity index (χ2v) is 3.98. The van der Waals surface area contributed by atoms with Crippen LogP contribution in [0.1, 0.15) is 0 Å². The van der Waals surface area contributed by atoms with E-state index in [9.17, 15) is 14.5 Å². The van der Waals surface area contributed by atoms with Gasteiger partial charge in [-0.25, -0.2) is 15.2 Å². The van der Waals surface area contributed by atoms with E-state index in [1.807, 2.05) is 0 Å². The van der Waals surface area contributed by atoms with Crippen LogP contribution in [-0.4, -0.2) is 17.0 Å². The predicted octanol–water partition coefficient (Wildman–Crippen LogP) is 2.18. The zero-order valence-electron chi connectivity index (χ0n) is 10.6. The summed E-state index contributed by atoms with van der Waals surface area (Å²) in [6, 6.07) is 8.50. The molecule has 1 aromatic heterocycles. The maximum Gasteiger partial charge on any atom is 0.276 e. The van der Waals surface area contributed by atoms with E-state index in [-0.39, 0.29) is 23.0 Å². The van der Waals surface area contributed by atoms with Crippen LogP contribution in [0, 0.1) is 15.9 Å². The Hall–Kier alpha value is -2.74. The number of halogens is 1. The van der Waals surface area contributed by atoms with Gasteiger partial charge in [0.05, 0.1) is 22.7 Å². The number of nitrogens with one attached hydrogen (secondary N) is 1. The third-order valence-corrected chi connectivity index (χ3v) is 2.71. The largest absolute Gasteiger partial charge is 0.327 e. The summed E-state index contributed by atoms with van der Waals surface area (Å²) < 4.78 is 13.7. The normalized spacial score (nSPS) is 10.2. The third kappa shape index (κ3) is 2.64. The molecule has 3 N–H and O–H groups in total. The van der Waals surface area contributed by atoms with E-state index in [1.165, 1.54) is 23.1 Å². The summed E-state index contributed by atoms with van der Waals surface area (Å²) >= 11 is 0. The Balaban J connectivity index is 2.49. The van der Waals surface area contributed by atoms with Gasteiger partial charge in [0.15, 0.2) is 0 Å². The molecule has 0 bridgehead atoms. The van der Waals surface area contributed by atoms with E-state index in [4.69, 9.17) is 5.84 Å². The number of nitrogens with zero attached hydrogens (tertiary/aromatic N) is 3. The molecule has 0 aliphatic heterocycles. The number of para-hydroxylation sites is 1. The average Bonchev–Trinajstić information content (AvgIpc) is 2.46. The van der Waals surface area contributed by atoms with Crippen molar-refractivity contribution < 1.29 is 9.31 Å². The summed E-state index contributed by atoms with van der Waals surface area (Å²) in [5.74, 6) is 5.10. The molecule has 0 saturated carbocycles.